The lowest BCUT2D eigenvalue weighted by Gasteiger charge is -2.46. The molecule has 6 heteroatoms. The Hall–Kier alpha value is -0.850. The van der Waals surface area contributed by atoms with Crippen molar-refractivity contribution in [2.24, 2.45) is 0 Å². The lowest BCUT2D eigenvalue weighted by molar-refractivity contribution is -0.125. The summed E-state index contributed by atoms with van der Waals surface area (Å²) in [6.45, 7) is 7.83. The van der Waals surface area contributed by atoms with Gasteiger partial charge in [0.2, 0.25) is 5.91 Å². The van der Waals surface area contributed by atoms with Gasteiger partial charge in [0.15, 0.2) is 4.67 Å². The predicted molar refractivity (Wildman–Crippen MR) is 112 cm³/mol. The molecule has 152 valence electrons. The van der Waals surface area contributed by atoms with E-state index < -0.39 is 0 Å². The standard InChI is InChI=1S/C21H34BrN3O2/c1-2-12-25-14-6-13-24(17-18-7-8-19(22)27-18)15-11-23-20(26)16-21(25)9-4-3-5-10-21/h7-8H,2-6,9-17H2,1H3,(H,23,26). The van der Waals surface area contributed by atoms with E-state index in [1.807, 2.05) is 12.1 Å². The Balaban J connectivity index is 1.70. The van der Waals surface area contributed by atoms with Crippen molar-refractivity contribution >= 4 is 21.8 Å². The predicted octanol–water partition coefficient (Wildman–Crippen LogP) is 4.17. The lowest BCUT2D eigenvalue weighted by Crippen LogP contribution is -2.53. The number of furan rings is 1. The van der Waals surface area contributed by atoms with Crippen molar-refractivity contribution < 1.29 is 9.21 Å². The zero-order valence-corrected chi connectivity index (χ0v) is 18.2. The van der Waals surface area contributed by atoms with Crippen molar-refractivity contribution in [1.29, 1.82) is 0 Å². The van der Waals surface area contributed by atoms with Crippen LogP contribution in [0.25, 0.3) is 0 Å². The third kappa shape index (κ3) is 5.81. The van der Waals surface area contributed by atoms with E-state index >= 15 is 0 Å². The molecule has 1 saturated heterocycles. The number of halogens is 1. The van der Waals surface area contributed by atoms with Gasteiger partial charge < -0.3 is 9.73 Å². The highest BCUT2D eigenvalue weighted by Gasteiger charge is 2.39. The number of carbonyl (C=O) groups excluding carboxylic acids is 1. The molecule has 1 N–H and O–H groups in total. The van der Waals surface area contributed by atoms with Crippen LogP contribution in [0.1, 0.15) is 64.1 Å². The molecule has 2 heterocycles. The summed E-state index contributed by atoms with van der Waals surface area (Å²) in [5.41, 5.74) is 0.0827. The zero-order valence-electron chi connectivity index (χ0n) is 16.6. The van der Waals surface area contributed by atoms with E-state index in [2.05, 4.69) is 38.0 Å². The van der Waals surface area contributed by atoms with Gasteiger partial charge in [0, 0.05) is 25.0 Å². The number of hydrogen-bond donors (Lipinski definition) is 1. The molecular weight excluding hydrogens is 406 g/mol. The van der Waals surface area contributed by atoms with Gasteiger partial charge in [0.05, 0.1) is 6.54 Å². The molecule has 0 radical (unpaired) electrons. The second-order valence-corrected chi connectivity index (χ2v) is 8.92. The fraction of sp³-hybridized carbons (Fsp3) is 0.762. The largest absolute Gasteiger partial charge is 0.453 e. The highest BCUT2D eigenvalue weighted by molar-refractivity contribution is 9.10. The fourth-order valence-corrected chi connectivity index (χ4v) is 5.14. The molecule has 27 heavy (non-hydrogen) atoms. The summed E-state index contributed by atoms with van der Waals surface area (Å²) in [5.74, 6) is 1.19. The molecule has 1 aromatic rings. The maximum Gasteiger partial charge on any atom is 0.221 e. The van der Waals surface area contributed by atoms with Gasteiger partial charge >= 0.3 is 0 Å². The van der Waals surface area contributed by atoms with Gasteiger partial charge in [0.1, 0.15) is 5.76 Å². The van der Waals surface area contributed by atoms with Crippen LogP contribution in [0.3, 0.4) is 0 Å². The molecule has 0 bridgehead atoms. The van der Waals surface area contributed by atoms with Gasteiger partial charge in [-0.3, -0.25) is 14.6 Å². The Morgan fingerprint density at radius 1 is 1.15 bits per heavy atom. The third-order valence-electron chi connectivity index (χ3n) is 6.10. The van der Waals surface area contributed by atoms with Gasteiger partial charge in [-0.1, -0.05) is 26.2 Å². The van der Waals surface area contributed by atoms with E-state index in [4.69, 9.17) is 4.42 Å². The molecule has 0 atom stereocenters. The summed E-state index contributed by atoms with van der Waals surface area (Å²) in [4.78, 5) is 17.8. The molecule has 3 rings (SSSR count). The third-order valence-corrected chi connectivity index (χ3v) is 6.53. The van der Waals surface area contributed by atoms with Crippen molar-refractivity contribution in [3.05, 3.63) is 22.6 Å². The number of hydrogen-bond acceptors (Lipinski definition) is 4. The van der Waals surface area contributed by atoms with E-state index in [1.54, 1.807) is 0 Å². The number of nitrogens with one attached hydrogen (secondary N) is 1. The Labute approximate surface area is 172 Å². The average Bonchev–Trinajstić information content (AvgIpc) is 3.05. The van der Waals surface area contributed by atoms with E-state index in [-0.39, 0.29) is 11.4 Å². The quantitative estimate of drug-likeness (QED) is 0.764. The van der Waals surface area contributed by atoms with Crippen molar-refractivity contribution in [2.75, 3.05) is 32.7 Å². The van der Waals surface area contributed by atoms with Gasteiger partial charge in [-0.25, -0.2) is 0 Å². The van der Waals surface area contributed by atoms with Crippen LogP contribution in [-0.4, -0.2) is 54.0 Å². The average molecular weight is 440 g/mol. The first-order valence-electron chi connectivity index (χ1n) is 10.6. The fourth-order valence-electron chi connectivity index (χ4n) is 4.80. The number of carbonyl (C=O) groups is 1. The Morgan fingerprint density at radius 2 is 1.96 bits per heavy atom. The summed E-state index contributed by atoms with van der Waals surface area (Å²) < 4.78 is 6.46. The second-order valence-electron chi connectivity index (χ2n) is 8.13. The van der Waals surface area contributed by atoms with Crippen LogP contribution in [0.4, 0.5) is 0 Å². The number of amides is 1. The first-order chi connectivity index (χ1) is 13.1. The second kappa shape index (κ2) is 10.1. The van der Waals surface area contributed by atoms with Crippen LogP contribution < -0.4 is 5.32 Å². The minimum Gasteiger partial charge on any atom is -0.453 e. The maximum atomic E-state index is 12.7. The van der Waals surface area contributed by atoms with Crippen LogP contribution in [0, 0.1) is 0 Å². The molecule has 1 amide bonds. The monoisotopic (exact) mass is 439 g/mol. The smallest absolute Gasteiger partial charge is 0.221 e. The summed E-state index contributed by atoms with van der Waals surface area (Å²) in [6.07, 6.45) is 9.12. The van der Waals surface area contributed by atoms with Gasteiger partial charge in [0.25, 0.3) is 0 Å². The molecular formula is C21H34BrN3O2. The van der Waals surface area contributed by atoms with Crippen LogP contribution in [0.5, 0.6) is 0 Å². The van der Waals surface area contributed by atoms with Gasteiger partial charge in [-0.05, 0) is 73.4 Å². The Morgan fingerprint density at radius 3 is 2.67 bits per heavy atom. The molecule has 1 aromatic heterocycles. The molecule has 0 unspecified atom stereocenters. The minimum absolute atomic E-state index is 0.0827. The Bertz CT molecular complexity index is 598. The Kier molecular flexibility index (Phi) is 7.79. The van der Waals surface area contributed by atoms with Crippen LogP contribution in [-0.2, 0) is 11.3 Å². The van der Waals surface area contributed by atoms with Crippen molar-refractivity contribution in [3.8, 4) is 0 Å². The molecule has 2 fully saturated rings. The van der Waals surface area contributed by atoms with E-state index in [0.717, 1.165) is 56.0 Å². The highest BCUT2D eigenvalue weighted by atomic mass is 79.9. The van der Waals surface area contributed by atoms with Crippen LogP contribution in [0.2, 0.25) is 0 Å². The van der Waals surface area contributed by atoms with Gasteiger partial charge in [-0.2, -0.15) is 0 Å². The van der Waals surface area contributed by atoms with E-state index in [0.29, 0.717) is 13.0 Å². The highest BCUT2D eigenvalue weighted by Crippen LogP contribution is 2.37. The van der Waals surface area contributed by atoms with E-state index in [9.17, 15) is 4.79 Å². The summed E-state index contributed by atoms with van der Waals surface area (Å²) in [7, 11) is 0. The molecule has 1 aliphatic heterocycles. The molecule has 1 spiro atoms. The summed E-state index contributed by atoms with van der Waals surface area (Å²) in [5, 5.41) is 3.19. The number of nitrogens with zero attached hydrogens (tertiary/aromatic N) is 2. The topological polar surface area (TPSA) is 48.7 Å². The first-order valence-corrected chi connectivity index (χ1v) is 11.4. The SMILES string of the molecule is CCCN1CCCN(Cc2ccc(Br)o2)CCNC(=O)CC12CCCCC2. The molecule has 0 aromatic carbocycles. The minimum atomic E-state index is 0.0827. The summed E-state index contributed by atoms with van der Waals surface area (Å²) in [6, 6.07) is 3.97. The van der Waals surface area contributed by atoms with Crippen molar-refractivity contribution in [2.45, 2.75) is 70.4 Å². The van der Waals surface area contributed by atoms with Crippen molar-refractivity contribution in [1.82, 2.24) is 15.1 Å². The maximum absolute atomic E-state index is 12.7. The molecule has 5 nitrogen and oxygen atoms in total. The normalized spacial score (nSPS) is 23.1. The van der Waals surface area contributed by atoms with Gasteiger partial charge in [-0.15, -0.1) is 0 Å². The first kappa shape index (κ1) is 20.9. The zero-order chi connectivity index (χ0) is 19.1. The van der Waals surface area contributed by atoms with Crippen LogP contribution in [0.15, 0.2) is 21.2 Å². The molecule has 1 saturated carbocycles. The lowest BCUT2D eigenvalue weighted by atomic mass is 9.77. The van der Waals surface area contributed by atoms with E-state index in [1.165, 1.54) is 32.1 Å². The summed E-state index contributed by atoms with van der Waals surface area (Å²) >= 11 is 3.38. The molecule has 1 aliphatic carbocycles. The number of rotatable bonds is 4. The molecule has 2 aliphatic rings. The van der Waals surface area contributed by atoms with Crippen molar-refractivity contribution in [3.63, 3.8) is 0 Å². The van der Waals surface area contributed by atoms with Crippen LogP contribution >= 0.6 is 15.9 Å².